The second kappa shape index (κ2) is 10.6. The number of hydrogen-bond acceptors (Lipinski definition) is 5. The molecule has 4 rings (SSSR count). The number of H-pyrrole nitrogens is 1. The highest BCUT2D eigenvalue weighted by atomic mass is 19.1. The number of aromatic nitrogens is 1. The summed E-state index contributed by atoms with van der Waals surface area (Å²) >= 11 is 0. The second-order valence-corrected chi connectivity index (χ2v) is 7.32. The molecule has 1 aliphatic rings. The molecular formula is C23H25FN2O6. The van der Waals surface area contributed by atoms with Crippen LogP contribution in [0.5, 0.6) is 11.5 Å². The number of aromatic amines is 1. The Bertz CT molecular complexity index is 1070. The lowest BCUT2D eigenvalue weighted by molar-refractivity contribution is -0.159. The third-order valence-electron chi connectivity index (χ3n) is 5.17. The monoisotopic (exact) mass is 444 g/mol. The summed E-state index contributed by atoms with van der Waals surface area (Å²) in [6.07, 6.45) is 4.77. The van der Waals surface area contributed by atoms with Crippen LogP contribution in [-0.4, -0.2) is 53.4 Å². The molecule has 1 aliphatic heterocycles. The number of methoxy groups -OCH3 is 1. The van der Waals surface area contributed by atoms with E-state index >= 15 is 0 Å². The van der Waals surface area contributed by atoms with Gasteiger partial charge in [0.1, 0.15) is 23.9 Å². The zero-order chi connectivity index (χ0) is 23.1. The smallest absolute Gasteiger partial charge is 0.414 e. The van der Waals surface area contributed by atoms with E-state index in [-0.39, 0.29) is 11.9 Å². The summed E-state index contributed by atoms with van der Waals surface area (Å²) in [7, 11) is 1.69. The van der Waals surface area contributed by atoms with Gasteiger partial charge in [0.25, 0.3) is 0 Å². The van der Waals surface area contributed by atoms with Crippen molar-refractivity contribution in [1.29, 1.82) is 0 Å². The van der Waals surface area contributed by atoms with Crippen molar-refractivity contribution in [3.8, 4) is 11.5 Å². The van der Waals surface area contributed by atoms with E-state index < -0.39 is 11.9 Å². The molecule has 0 bridgehead atoms. The molecule has 1 atom stereocenters. The molecule has 4 N–H and O–H groups in total. The van der Waals surface area contributed by atoms with Crippen molar-refractivity contribution in [2.45, 2.75) is 25.3 Å². The highest BCUT2D eigenvalue weighted by Gasteiger charge is 2.22. The third kappa shape index (κ3) is 5.76. The van der Waals surface area contributed by atoms with Crippen LogP contribution in [0.1, 0.15) is 17.5 Å². The summed E-state index contributed by atoms with van der Waals surface area (Å²) < 4.78 is 24.8. The quantitative estimate of drug-likeness (QED) is 0.341. The van der Waals surface area contributed by atoms with Crippen molar-refractivity contribution in [1.82, 2.24) is 10.3 Å². The number of halogens is 1. The van der Waals surface area contributed by atoms with Crippen molar-refractivity contribution >= 4 is 22.8 Å². The molecule has 0 saturated heterocycles. The van der Waals surface area contributed by atoms with Gasteiger partial charge >= 0.3 is 11.9 Å². The number of aryl methyl sites for hydroxylation is 1. The molecule has 8 nitrogen and oxygen atoms in total. The van der Waals surface area contributed by atoms with Gasteiger partial charge in [0, 0.05) is 28.7 Å². The van der Waals surface area contributed by atoms with Crippen LogP contribution < -0.4 is 14.8 Å². The van der Waals surface area contributed by atoms with Crippen LogP contribution in [0.25, 0.3) is 10.9 Å². The van der Waals surface area contributed by atoms with Gasteiger partial charge < -0.3 is 30.0 Å². The van der Waals surface area contributed by atoms with Gasteiger partial charge in [-0.25, -0.2) is 14.0 Å². The molecule has 3 aromatic rings. The molecule has 0 aliphatic carbocycles. The largest absolute Gasteiger partial charge is 0.496 e. The molecule has 0 radical (unpaired) electrons. The molecule has 0 fully saturated rings. The first-order valence-corrected chi connectivity index (χ1v) is 10.1. The highest BCUT2D eigenvalue weighted by Crippen LogP contribution is 2.32. The van der Waals surface area contributed by atoms with Crippen LogP contribution in [0.15, 0.2) is 42.6 Å². The maximum atomic E-state index is 13.5. The Balaban J connectivity index is 0.000000427. The van der Waals surface area contributed by atoms with Crippen molar-refractivity contribution in [3.63, 3.8) is 0 Å². The van der Waals surface area contributed by atoms with E-state index in [0.29, 0.717) is 6.61 Å². The zero-order valence-electron chi connectivity index (χ0n) is 17.6. The number of rotatable bonds is 6. The van der Waals surface area contributed by atoms with Crippen LogP contribution in [-0.2, 0) is 22.4 Å². The Morgan fingerprint density at radius 3 is 2.75 bits per heavy atom. The Morgan fingerprint density at radius 1 is 1.25 bits per heavy atom. The minimum Gasteiger partial charge on any atom is -0.496 e. The molecule has 0 spiro atoms. The van der Waals surface area contributed by atoms with Crippen LogP contribution in [0.2, 0.25) is 0 Å². The van der Waals surface area contributed by atoms with Crippen LogP contribution in [0, 0.1) is 5.82 Å². The third-order valence-corrected chi connectivity index (χ3v) is 5.17. The first kappa shape index (κ1) is 23.1. The van der Waals surface area contributed by atoms with E-state index in [1.165, 1.54) is 6.07 Å². The Kier molecular flexibility index (Phi) is 7.67. The maximum Gasteiger partial charge on any atom is 0.414 e. The summed E-state index contributed by atoms with van der Waals surface area (Å²) in [5.41, 5.74) is 3.28. The number of carboxylic acids is 2. The van der Waals surface area contributed by atoms with Gasteiger partial charge in [-0.15, -0.1) is 0 Å². The van der Waals surface area contributed by atoms with Gasteiger partial charge in [-0.2, -0.15) is 0 Å². The van der Waals surface area contributed by atoms with Crippen LogP contribution in [0.3, 0.4) is 0 Å². The van der Waals surface area contributed by atoms with E-state index in [1.807, 2.05) is 24.4 Å². The van der Waals surface area contributed by atoms with E-state index in [4.69, 9.17) is 29.3 Å². The predicted molar refractivity (Wildman–Crippen MR) is 116 cm³/mol. The molecule has 2 heterocycles. The SMILES string of the molecule is COc1cccc2c1CC(NCCCc1c[nH]c3ccc(F)cc13)CO2.O=C(O)C(=O)O. The zero-order valence-corrected chi connectivity index (χ0v) is 17.6. The lowest BCUT2D eigenvalue weighted by Gasteiger charge is -2.27. The number of carboxylic acid groups (broad SMARTS) is 2. The summed E-state index contributed by atoms with van der Waals surface area (Å²) in [4.78, 5) is 21.4. The highest BCUT2D eigenvalue weighted by molar-refractivity contribution is 6.27. The average Bonchev–Trinajstić information content (AvgIpc) is 3.18. The van der Waals surface area contributed by atoms with Crippen molar-refractivity contribution in [3.05, 3.63) is 59.5 Å². The molecule has 2 aromatic carbocycles. The molecule has 32 heavy (non-hydrogen) atoms. The summed E-state index contributed by atoms with van der Waals surface area (Å²) in [6, 6.07) is 11.1. The summed E-state index contributed by atoms with van der Waals surface area (Å²) in [6.45, 7) is 1.55. The fourth-order valence-corrected chi connectivity index (χ4v) is 3.64. The van der Waals surface area contributed by atoms with E-state index in [1.54, 1.807) is 19.2 Å². The topological polar surface area (TPSA) is 121 Å². The van der Waals surface area contributed by atoms with Crippen LogP contribution in [0.4, 0.5) is 4.39 Å². The van der Waals surface area contributed by atoms with Crippen molar-refractivity contribution < 1.29 is 33.7 Å². The molecular weight excluding hydrogens is 419 g/mol. The van der Waals surface area contributed by atoms with Crippen molar-refractivity contribution in [2.75, 3.05) is 20.3 Å². The molecule has 9 heteroatoms. The molecule has 0 saturated carbocycles. The Labute approximate surface area is 184 Å². The molecule has 170 valence electrons. The molecule has 1 aromatic heterocycles. The first-order valence-electron chi connectivity index (χ1n) is 10.1. The lowest BCUT2D eigenvalue weighted by atomic mass is 10.0. The minimum absolute atomic E-state index is 0.191. The lowest BCUT2D eigenvalue weighted by Crippen LogP contribution is -2.40. The Hall–Kier alpha value is -3.59. The number of aliphatic carboxylic acids is 2. The second-order valence-electron chi connectivity index (χ2n) is 7.32. The number of fused-ring (bicyclic) bond motifs is 2. The van der Waals surface area contributed by atoms with Crippen molar-refractivity contribution in [2.24, 2.45) is 0 Å². The summed E-state index contributed by atoms with van der Waals surface area (Å²) in [5.74, 6) is -2.04. The number of hydrogen-bond donors (Lipinski definition) is 4. The first-order chi connectivity index (χ1) is 15.4. The molecule has 0 amide bonds. The van der Waals surface area contributed by atoms with Gasteiger partial charge in [-0.05, 0) is 61.7 Å². The van der Waals surface area contributed by atoms with Gasteiger partial charge in [-0.3, -0.25) is 0 Å². The normalized spacial score (nSPS) is 14.6. The predicted octanol–water partition coefficient (Wildman–Crippen LogP) is 3.00. The van der Waals surface area contributed by atoms with Gasteiger partial charge in [-0.1, -0.05) is 6.07 Å². The number of nitrogens with one attached hydrogen (secondary N) is 2. The maximum absolute atomic E-state index is 13.5. The van der Waals surface area contributed by atoms with E-state index in [9.17, 15) is 4.39 Å². The van der Waals surface area contributed by atoms with Gasteiger partial charge in [0.15, 0.2) is 0 Å². The number of ether oxygens (including phenoxy) is 2. The Morgan fingerprint density at radius 2 is 2.03 bits per heavy atom. The van der Waals surface area contributed by atoms with E-state index in [0.717, 1.165) is 59.3 Å². The number of carbonyl (C=O) groups is 2. The average molecular weight is 444 g/mol. The van der Waals surface area contributed by atoms with Crippen LogP contribution >= 0.6 is 0 Å². The van der Waals surface area contributed by atoms with E-state index in [2.05, 4.69) is 10.3 Å². The molecule has 1 unspecified atom stereocenters. The fraction of sp³-hybridized carbons (Fsp3) is 0.304. The summed E-state index contributed by atoms with van der Waals surface area (Å²) in [5, 5.41) is 19.3. The minimum atomic E-state index is -1.82. The number of benzene rings is 2. The fourth-order valence-electron chi connectivity index (χ4n) is 3.64. The van der Waals surface area contributed by atoms with Gasteiger partial charge in [0.05, 0.1) is 7.11 Å². The standard InChI is InChI=1S/C21H23FN2O2.C2H2O4/c1-25-20-5-2-6-21-18(20)11-16(13-26-21)23-9-3-4-14-12-24-19-8-7-15(22)10-17(14)19;3-1(4)2(5)6/h2,5-8,10,12,16,23-24H,3-4,9,11,13H2,1H3;(H,3,4)(H,5,6). The van der Waals surface area contributed by atoms with Gasteiger partial charge in [0.2, 0.25) is 0 Å².